The summed E-state index contributed by atoms with van der Waals surface area (Å²) >= 11 is 0. The fourth-order valence-electron chi connectivity index (χ4n) is 1.00. The number of hydrogen-bond acceptors (Lipinski definition) is 2. The Balaban J connectivity index is 4.62. The van der Waals surface area contributed by atoms with Gasteiger partial charge in [-0.3, -0.25) is 0 Å². The van der Waals surface area contributed by atoms with Crippen LogP contribution in [0.3, 0.4) is 0 Å². The van der Waals surface area contributed by atoms with Crippen LogP contribution in [0.1, 0.15) is 27.2 Å². The Morgan fingerprint density at radius 3 is 2.00 bits per heavy atom. The molecule has 0 saturated heterocycles. The normalized spacial score (nSPS) is 16.7. The van der Waals surface area contributed by atoms with E-state index in [1.807, 2.05) is 0 Å². The Bertz CT molecular complexity index is 247. The van der Waals surface area contributed by atoms with E-state index in [1.54, 1.807) is 20.8 Å². The Morgan fingerprint density at radius 1 is 1.31 bits per heavy atom. The largest absolute Gasteiger partial charge is 0.465 e. The minimum atomic E-state index is -4.70. The van der Waals surface area contributed by atoms with Gasteiger partial charge in [0, 0.05) is 6.42 Å². The van der Waals surface area contributed by atoms with Gasteiger partial charge < -0.3 is 15.5 Å². The van der Waals surface area contributed by atoms with Crippen molar-refractivity contribution in [1.82, 2.24) is 5.32 Å². The molecule has 16 heavy (non-hydrogen) atoms. The van der Waals surface area contributed by atoms with Crippen LogP contribution in [0, 0.1) is 5.41 Å². The van der Waals surface area contributed by atoms with Gasteiger partial charge in [-0.05, 0) is 5.41 Å². The average Bonchev–Trinajstić information content (AvgIpc) is 1.98. The van der Waals surface area contributed by atoms with Gasteiger partial charge in [-0.25, -0.2) is 4.79 Å². The van der Waals surface area contributed by atoms with Crippen LogP contribution in [0.25, 0.3) is 0 Å². The van der Waals surface area contributed by atoms with Crippen LogP contribution in [0.2, 0.25) is 0 Å². The van der Waals surface area contributed by atoms with E-state index in [9.17, 15) is 23.1 Å². The Labute approximate surface area is 91.5 Å². The number of aliphatic hydroxyl groups is 1. The molecule has 0 aromatic rings. The van der Waals surface area contributed by atoms with Crippen LogP contribution in [-0.4, -0.2) is 34.6 Å². The lowest BCUT2D eigenvalue weighted by Crippen LogP contribution is -2.48. The second-order valence-corrected chi connectivity index (χ2v) is 4.66. The van der Waals surface area contributed by atoms with Gasteiger partial charge in [0.25, 0.3) is 0 Å². The number of rotatable bonds is 3. The van der Waals surface area contributed by atoms with E-state index >= 15 is 0 Å². The van der Waals surface area contributed by atoms with Crippen molar-refractivity contribution in [3.05, 3.63) is 0 Å². The van der Waals surface area contributed by atoms with Crippen LogP contribution in [0.15, 0.2) is 0 Å². The highest BCUT2D eigenvalue weighted by molar-refractivity contribution is 5.64. The fourth-order valence-corrected chi connectivity index (χ4v) is 1.00. The molecule has 0 spiro atoms. The van der Waals surface area contributed by atoms with Crippen LogP contribution in [0.4, 0.5) is 18.0 Å². The molecule has 0 aliphatic heterocycles. The molecule has 2 unspecified atom stereocenters. The van der Waals surface area contributed by atoms with Crippen molar-refractivity contribution in [3.8, 4) is 0 Å². The average molecular weight is 243 g/mol. The summed E-state index contributed by atoms with van der Waals surface area (Å²) < 4.78 is 37.2. The standard InChI is InChI=1S/C9H16F3NO3/c1-8(2,3)6(14)4-5(9(10,11)12)13-7(15)16/h5-6,13-14H,4H2,1-3H3,(H,15,16). The molecular formula is C9H16F3NO3. The van der Waals surface area contributed by atoms with Gasteiger partial charge in [0.15, 0.2) is 0 Å². The molecule has 0 saturated carbocycles. The molecule has 0 aromatic heterocycles. The van der Waals surface area contributed by atoms with Crippen LogP contribution < -0.4 is 5.32 Å². The summed E-state index contributed by atoms with van der Waals surface area (Å²) in [4.78, 5) is 10.2. The zero-order chi connectivity index (χ0) is 13.1. The fraction of sp³-hybridized carbons (Fsp3) is 0.889. The van der Waals surface area contributed by atoms with Crippen LogP contribution >= 0.6 is 0 Å². The SMILES string of the molecule is CC(C)(C)C(O)CC(NC(=O)O)C(F)(F)F. The molecule has 0 heterocycles. The number of amides is 1. The van der Waals surface area contributed by atoms with E-state index in [1.165, 1.54) is 5.32 Å². The van der Waals surface area contributed by atoms with E-state index in [0.29, 0.717) is 0 Å². The smallest absolute Gasteiger partial charge is 0.408 e. The third-order valence-corrected chi connectivity index (χ3v) is 2.15. The van der Waals surface area contributed by atoms with Crippen molar-refractivity contribution in [2.45, 2.75) is 45.5 Å². The van der Waals surface area contributed by atoms with E-state index in [4.69, 9.17) is 5.11 Å². The summed E-state index contributed by atoms with van der Waals surface area (Å²) in [6.45, 7) is 4.73. The van der Waals surface area contributed by atoms with Crippen LogP contribution in [0.5, 0.6) is 0 Å². The summed E-state index contributed by atoms with van der Waals surface area (Å²) in [7, 11) is 0. The third-order valence-electron chi connectivity index (χ3n) is 2.15. The molecule has 0 aliphatic carbocycles. The first-order valence-electron chi connectivity index (χ1n) is 4.69. The summed E-state index contributed by atoms with van der Waals surface area (Å²) in [5.74, 6) is 0. The Kier molecular flexibility index (Phi) is 4.60. The molecule has 0 aromatic carbocycles. The Morgan fingerprint density at radius 2 is 1.75 bits per heavy atom. The lowest BCUT2D eigenvalue weighted by atomic mass is 9.85. The molecule has 3 N–H and O–H groups in total. The first-order chi connectivity index (χ1) is 6.94. The van der Waals surface area contributed by atoms with Gasteiger partial charge in [-0.1, -0.05) is 20.8 Å². The molecule has 0 aliphatic rings. The highest BCUT2D eigenvalue weighted by Crippen LogP contribution is 2.29. The van der Waals surface area contributed by atoms with Gasteiger partial charge in [0.2, 0.25) is 0 Å². The van der Waals surface area contributed by atoms with Crippen LogP contribution in [-0.2, 0) is 0 Å². The topological polar surface area (TPSA) is 69.6 Å². The quantitative estimate of drug-likeness (QED) is 0.709. The summed E-state index contributed by atoms with van der Waals surface area (Å²) in [6.07, 6.45) is -8.40. The van der Waals surface area contributed by atoms with Gasteiger partial charge in [-0.2, -0.15) is 13.2 Å². The molecule has 2 atom stereocenters. The lowest BCUT2D eigenvalue weighted by molar-refractivity contribution is -0.163. The minimum Gasteiger partial charge on any atom is -0.465 e. The second-order valence-electron chi connectivity index (χ2n) is 4.66. The predicted octanol–water partition coefficient (Wildman–Crippen LogP) is 1.98. The minimum absolute atomic E-state index is 0.695. The molecule has 0 rings (SSSR count). The summed E-state index contributed by atoms with van der Waals surface area (Å²) in [6, 6.07) is -2.25. The molecular weight excluding hydrogens is 227 g/mol. The van der Waals surface area contributed by atoms with Crippen molar-refractivity contribution in [1.29, 1.82) is 0 Å². The number of nitrogens with one attached hydrogen (secondary N) is 1. The monoisotopic (exact) mass is 243 g/mol. The third kappa shape index (κ3) is 5.20. The molecule has 96 valence electrons. The van der Waals surface area contributed by atoms with Gasteiger partial charge in [0.1, 0.15) is 6.04 Å². The molecule has 1 amide bonds. The van der Waals surface area contributed by atoms with Gasteiger partial charge in [0.05, 0.1) is 6.10 Å². The van der Waals surface area contributed by atoms with Crippen molar-refractivity contribution < 1.29 is 28.2 Å². The first kappa shape index (κ1) is 15.0. The maximum atomic E-state index is 12.4. The van der Waals surface area contributed by atoms with E-state index < -0.39 is 36.3 Å². The van der Waals surface area contributed by atoms with Crippen molar-refractivity contribution >= 4 is 6.09 Å². The molecule has 0 bridgehead atoms. The maximum absolute atomic E-state index is 12.4. The summed E-state index contributed by atoms with van der Waals surface area (Å²) in [5.41, 5.74) is -0.732. The predicted molar refractivity (Wildman–Crippen MR) is 51.1 cm³/mol. The number of halogens is 3. The molecule has 7 heteroatoms. The Hall–Kier alpha value is -0.980. The van der Waals surface area contributed by atoms with E-state index in [0.717, 1.165) is 0 Å². The van der Waals surface area contributed by atoms with Crippen molar-refractivity contribution in [3.63, 3.8) is 0 Å². The van der Waals surface area contributed by atoms with Crippen molar-refractivity contribution in [2.75, 3.05) is 0 Å². The van der Waals surface area contributed by atoms with Crippen molar-refractivity contribution in [2.24, 2.45) is 5.41 Å². The maximum Gasteiger partial charge on any atom is 0.408 e. The van der Waals surface area contributed by atoms with E-state index in [-0.39, 0.29) is 0 Å². The number of aliphatic hydroxyl groups excluding tert-OH is 1. The molecule has 4 nitrogen and oxygen atoms in total. The first-order valence-corrected chi connectivity index (χ1v) is 4.69. The number of alkyl halides is 3. The lowest BCUT2D eigenvalue weighted by Gasteiger charge is -2.30. The highest BCUT2D eigenvalue weighted by atomic mass is 19.4. The molecule has 0 radical (unpaired) electrons. The van der Waals surface area contributed by atoms with Gasteiger partial charge in [-0.15, -0.1) is 0 Å². The second kappa shape index (κ2) is 4.90. The summed E-state index contributed by atoms with van der Waals surface area (Å²) in [5, 5.41) is 19.1. The molecule has 0 fully saturated rings. The number of carbonyl (C=O) groups is 1. The zero-order valence-electron chi connectivity index (χ0n) is 9.30. The van der Waals surface area contributed by atoms with Gasteiger partial charge >= 0.3 is 12.3 Å². The zero-order valence-corrected chi connectivity index (χ0v) is 9.30. The van der Waals surface area contributed by atoms with E-state index in [2.05, 4.69) is 0 Å². The highest BCUT2D eigenvalue weighted by Gasteiger charge is 2.43. The number of carboxylic acid groups (broad SMARTS) is 1. The number of hydrogen-bond donors (Lipinski definition) is 3.